The Hall–Kier alpha value is -2.63. The summed E-state index contributed by atoms with van der Waals surface area (Å²) in [5.74, 6) is 0.840. The van der Waals surface area contributed by atoms with Crippen molar-refractivity contribution < 1.29 is 9.59 Å². The number of nitrogens with zero attached hydrogens (tertiary/aromatic N) is 2. The van der Waals surface area contributed by atoms with Gasteiger partial charge < -0.3 is 15.2 Å². The summed E-state index contributed by atoms with van der Waals surface area (Å²) in [6.45, 7) is 11.7. The monoisotopic (exact) mass is 438 g/mol. The maximum atomic E-state index is 13.3. The molecule has 0 saturated carbocycles. The summed E-state index contributed by atoms with van der Waals surface area (Å²) in [6, 6.07) is 7.72. The molecule has 0 spiro atoms. The third-order valence-corrected chi connectivity index (χ3v) is 6.87. The average Bonchev–Trinajstić information content (AvgIpc) is 3.44. The molecule has 1 saturated heterocycles. The largest absolute Gasteiger partial charge is 0.350 e. The molecule has 0 aliphatic carbocycles. The quantitative estimate of drug-likeness (QED) is 0.596. The number of benzene rings is 1. The van der Waals surface area contributed by atoms with E-state index in [4.69, 9.17) is 0 Å². The first-order chi connectivity index (χ1) is 15.3. The Labute approximate surface area is 192 Å². The van der Waals surface area contributed by atoms with Gasteiger partial charge in [-0.05, 0) is 43.6 Å². The summed E-state index contributed by atoms with van der Waals surface area (Å²) in [6.07, 6.45) is 5.43. The van der Waals surface area contributed by atoms with Crippen LogP contribution in [0, 0.1) is 24.7 Å². The summed E-state index contributed by atoms with van der Waals surface area (Å²) in [4.78, 5) is 35.5. The normalized spacial score (nSPS) is 18.1. The minimum atomic E-state index is -0.356. The summed E-state index contributed by atoms with van der Waals surface area (Å²) in [7, 11) is 0. The van der Waals surface area contributed by atoms with Crippen molar-refractivity contribution in [2.45, 2.75) is 72.9 Å². The predicted molar refractivity (Wildman–Crippen MR) is 128 cm³/mol. The molecule has 3 atom stereocenters. The lowest BCUT2D eigenvalue weighted by Gasteiger charge is -2.32. The molecule has 32 heavy (non-hydrogen) atoms. The molecule has 2 N–H and O–H groups in total. The molecule has 1 aliphatic heterocycles. The molecule has 2 amide bonds. The van der Waals surface area contributed by atoms with Gasteiger partial charge in [0.05, 0.1) is 12.0 Å². The van der Waals surface area contributed by atoms with Gasteiger partial charge in [-0.2, -0.15) is 0 Å². The highest BCUT2D eigenvalue weighted by Gasteiger charge is 2.38. The minimum absolute atomic E-state index is 0.0492. The number of carbonyl (C=O) groups is 2. The Balaban J connectivity index is 1.59. The molecule has 1 aliphatic rings. The number of carbonyl (C=O) groups excluding carboxylic acids is 2. The Bertz CT molecular complexity index is 903. The Morgan fingerprint density at radius 2 is 1.94 bits per heavy atom. The van der Waals surface area contributed by atoms with Crippen molar-refractivity contribution in [1.82, 2.24) is 20.2 Å². The van der Waals surface area contributed by atoms with Crippen molar-refractivity contribution in [2.24, 2.45) is 17.8 Å². The standard InChI is InChI=1S/C26H38N4O2/c1-6-8-22(17(2)3)18(4)26(32)30-14-7-9-23(30)25(31)27-15-20-10-12-21(13-11-20)24-19(5)28-16-29-24/h10-13,16-18,22-23H,6-9,14-15H2,1-5H3,(H,27,31)(H,28,29)/t18-,22+,23?/m1/s1. The first-order valence-corrected chi connectivity index (χ1v) is 12.0. The van der Waals surface area contributed by atoms with Gasteiger partial charge in [-0.15, -0.1) is 0 Å². The van der Waals surface area contributed by atoms with Crippen LogP contribution in [0.1, 0.15) is 64.6 Å². The van der Waals surface area contributed by atoms with Crippen LogP contribution in [0.15, 0.2) is 30.6 Å². The summed E-state index contributed by atoms with van der Waals surface area (Å²) < 4.78 is 0. The molecular formula is C26H38N4O2. The highest BCUT2D eigenvalue weighted by atomic mass is 16.2. The molecule has 3 rings (SSSR count). The van der Waals surface area contributed by atoms with Gasteiger partial charge in [0.2, 0.25) is 11.8 Å². The van der Waals surface area contributed by atoms with Gasteiger partial charge in [-0.25, -0.2) is 4.98 Å². The van der Waals surface area contributed by atoms with E-state index in [9.17, 15) is 9.59 Å². The lowest BCUT2D eigenvalue weighted by atomic mass is 9.80. The maximum absolute atomic E-state index is 13.3. The number of aromatic amines is 1. The third kappa shape index (κ3) is 5.40. The second-order valence-corrected chi connectivity index (χ2v) is 9.47. The number of aryl methyl sites for hydroxylation is 1. The van der Waals surface area contributed by atoms with Crippen LogP contribution in [0.2, 0.25) is 0 Å². The molecule has 1 fully saturated rings. The van der Waals surface area contributed by atoms with Crippen molar-refractivity contribution in [2.75, 3.05) is 6.54 Å². The zero-order chi connectivity index (χ0) is 23.3. The van der Waals surface area contributed by atoms with E-state index in [2.05, 4.69) is 36.1 Å². The van der Waals surface area contributed by atoms with Crippen molar-refractivity contribution >= 4 is 11.8 Å². The zero-order valence-electron chi connectivity index (χ0n) is 20.1. The van der Waals surface area contributed by atoms with Gasteiger partial charge in [0.15, 0.2) is 0 Å². The second-order valence-electron chi connectivity index (χ2n) is 9.47. The fourth-order valence-corrected chi connectivity index (χ4v) is 4.98. The van der Waals surface area contributed by atoms with Crippen LogP contribution in [-0.2, 0) is 16.1 Å². The molecule has 174 valence electrons. The van der Waals surface area contributed by atoms with E-state index < -0.39 is 0 Å². The van der Waals surface area contributed by atoms with Gasteiger partial charge in [0, 0.05) is 30.3 Å². The molecule has 6 heteroatoms. The SMILES string of the molecule is CCC[C@@H](C(C)C)[C@@H](C)C(=O)N1CCCC1C(=O)NCc1ccc(-c2nc[nH]c2C)cc1. The van der Waals surface area contributed by atoms with Crippen molar-refractivity contribution in [3.05, 3.63) is 41.9 Å². The molecule has 1 aromatic carbocycles. The summed E-state index contributed by atoms with van der Waals surface area (Å²) in [5, 5.41) is 3.05. The maximum Gasteiger partial charge on any atom is 0.243 e. The van der Waals surface area contributed by atoms with Crippen LogP contribution in [-0.4, -0.2) is 39.3 Å². The van der Waals surface area contributed by atoms with Crippen molar-refractivity contribution in [3.63, 3.8) is 0 Å². The van der Waals surface area contributed by atoms with E-state index in [1.54, 1.807) is 6.33 Å². The molecule has 0 bridgehead atoms. The van der Waals surface area contributed by atoms with Gasteiger partial charge in [0.25, 0.3) is 0 Å². The molecule has 0 radical (unpaired) electrons. The summed E-state index contributed by atoms with van der Waals surface area (Å²) in [5.41, 5.74) is 4.05. The zero-order valence-corrected chi connectivity index (χ0v) is 20.1. The molecule has 1 unspecified atom stereocenters. The Morgan fingerprint density at radius 1 is 1.22 bits per heavy atom. The fourth-order valence-electron chi connectivity index (χ4n) is 4.98. The van der Waals surface area contributed by atoms with Gasteiger partial charge >= 0.3 is 0 Å². The lowest BCUT2D eigenvalue weighted by Crippen LogP contribution is -2.48. The second kappa shape index (κ2) is 10.8. The van der Waals surface area contributed by atoms with Crippen LogP contribution in [0.4, 0.5) is 0 Å². The van der Waals surface area contributed by atoms with E-state index in [0.29, 0.717) is 24.9 Å². The van der Waals surface area contributed by atoms with Crippen LogP contribution < -0.4 is 5.32 Å². The number of aromatic nitrogens is 2. The van der Waals surface area contributed by atoms with Crippen LogP contribution >= 0.6 is 0 Å². The van der Waals surface area contributed by atoms with Crippen LogP contribution in [0.3, 0.4) is 0 Å². The van der Waals surface area contributed by atoms with Gasteiger partial charge in [0.1, 0.15) is 6.04 Å². The number of imidazole rings is 1. The lowest BCUT2D eigenvalue weighted by molar-refractivity contribution is -0.143. The first-order valence-electron chi connectivity index (χ1n) is 12.0. The number of hydrogen-bond acceptors (Lipinski definition) is 3. The average molecular weight is 439 g/mol. The number of H-pyrrole nitrogens is 1. The van der Waals surface area contributed by atoms with E-state index in [-0.39, 0.29) is 23.8 Å². The fraction of sp³-hybridized carbons (Fsp3) is 0.577. The highest BCUT2D eigenvalue weighted by Crippen LogP contribution is 2.30. The number of nitrogens with one attached hydrogen (secondary N) is 2. The molecule has 2 aromatic rings. The molecule has 6 nitrogen and oxygen atoms in total. The summed E-state index contributed by atoms with van der Waals surface area (Å²) >= 11 is 0. The molecular weight excluding hydrogens is 400 g/mol. The number of amides is 2. The first kappa shape index (κ1) is 24.0. The molecule has 2 heterocycles. The number of hydrogen-bond donors (Lipinski definition) is 2. The smallest absolute Gasteiger partial charge is 0.243 e. The number of likely N-dealkylation sites (tertiary alicyclic amines) is 1. The van der Waals surface area contributed by atoms with E-state index in [1.165, 1.54) is 0 Å². The van der Waals surface area contributed by atoms with Crippen molar-refractivity contribution in [3.8, 4) is 11.3 Å². The highest BCUT2D eigenvalue weighted by molar-refractivity contribution is 5.89. The van der Waals surface area contributed by atoms with E-state index in [1.807, 2.05) is 43.0 Å². The predicted octanol–water partition coefficient (Wildman–Crippen LogP) is 4.70. The minimum Gasteiger partial charge on any atom is -0.350 e. The van der Waals surface area contributed by atoms with Crippen LogP contribution in [0.25, 0.3) is 11.3 Å². The Morgan fingerprint density at radius 3 is 2.53 bits per heavy atom. The molecule has 1 aromatic heterocycles. The Kier molecular flexibility index (Phi) is 8.10. The van der Waals surface area contributed by atoms with E-state index in [0.717, 1.165) is 48.2 Å². The number of rotatable bonds is 9. The third-order valence-electron chi connectivity index (χ3n) is 6.87. The van der Waals surface area contributed by atoms with Crippen molar-refractivity contribution in [1.29, 1.82) is 0 Å². The van der Waals surface area contributed by atoms with Crippen LogP contribution in [0.5, 0.6) is 0 Å². The van der Waals surface area contributed by atoms with Gasteiger partial charge in [-0.3, -0.25) is 9.59 Å². The van der Waals surface area contributed by atoms with E-state index >= 15 is 0 Å². The topological polar surface area (TPSA) is 78.1 Å². The van der Waals surface area contributed by atoms with Gasteiger partial charge in [-0.1, -0.05) is 58.4 Å².